The number of hydrogen-bond donors (Lipinski definition) is 0. The second kappa shape index (κ2) is 10.00. The molecule has 5 heteroatoms. The van der Waals surface area contributed by atoms with Crippen molar-refractivity contribution in [2.75, 3.05) is 18.1 Å². The summed E-state index contributed by atoms with van der Waals surface area (Å²) in [5.74, 6) is 2.23. The highest BCUT2D eigenvalue weighted by Gasteiger charge is 2.24. The van der Waals surface area contributed by atoms with Crippen LogP contribution < -0.4 is 14.4 Å². The molecule has 0 amide bonds. The molecule has 0 aliphatic rings. The number of aryl methyl sites for hydroxylation is 1. The first kappa shape index (κ1) is 20.0. The van der Waals surface area contributed by atoms with Crippen LogP contribution in [0.25, 0.3) is 0 Å². The normalized spacial score (nSPS) is 10.8. The number of nitrogens with zero attached hydrogens (tertiary/aromatic N) is 3. The van der Waals surface area contributed by atoms with Crippen LogP contribution in [0.2, 0.25) is 0 Å². The third-order valence-corrected chi connectivity index (χ3v) is 4.36. The summed E-state index contributed by atoms with van der Waals surface area (Å²) >= 11 is 0. The Hall–Kier alpha value is -2.30. The van der Waals surface area contributed by atoms with E-state index in [0.29, 0.717) is 25.1 Å². The van der Waals surface area contributed by atoms with Gasteiger partial charge >= 0.3 is 0 Å². The Kier molecular flexibility index (Phi) is 7.70. The lowest BCUT2D eigenvalue weighted by Gasteiger charge is -2.32. The molecule has 0 fully saturated rings. The van der Waals surface area contributed by atoms with Crippen molar-refractivity contribution in [1.82, 2.24) is 9.97 Å². The average Bonchev–Trinajstić information content (AvgIpc) is 2.67. The highest BCUT2D eigenvalue weighted by atomic mass is 16.5. The van der Waals surface area contributed by atoms with Crippen LogP contribution in [-0.2, 0) is 6.42 Å². The van der Waals surface area contributed by atoms with Gasteiger partial charge < -0.3 is 14.4 Å². The van der Waals surface area contributed by atoms with Crippen LogP contribution in [0, 0.1) is 0 Å². The van der Waals surface area contributed by atoms with E-state index in [4.69, 9.17) is 14.5 Å². The van der Waals surface area contributed by atoms with E-state index in [1.54, 1.807) is 0 Å². The molecule has 0 unspecified atom stereocenters. The molecule has 142 valence electrons. The number of anilines is 2. The molecular weight excluding hydrogens is 326 g/mol. The molecule has 0 atom stereocenters. The van der Waals surface area contributed by atoms with Gasteiger partial charge in [0, 0.05) is 17.8 Å². The zero-order valence-electron chi connectivity index (χ0n) is 16.7. The maximum Gasteiger partial charge on any atom is 0.258 e. The van der Waals surface area contributed by atoms with Gasteiger partial charge in [0.25, 0.3) is 5.88 Å². The molecule has 0 aliphatic heterocycles. The smallest absolute Gasteiger partial charge is 0.258 e. The first-order valence-corrected chi connectivity index (χ1v) is 9.69. The SMILES string of the molecule is CCOc1cccc(N(c2ncc(CC)nc2OCC)C(CC)CC)c1. The quantitative estimate of drug-likeness (QED) is 0.587. The number of hydrogen-bond acceptors (Lipinski definition) is 5. The van der Waals surface area contributed by atoms with E-state index in [-0.39, 0.29) is 0 Å². The number of benzene rings is 1. The molecule has 2 aromatic rings. The van der Waals surface area contributed by atoms with Gasteiger partial charge in [0.1, 0.15) is 5.75 Å². The Morgan fingerprint density at radius 2 is 1.73 bits per heavy atom. The van der Waals surface area contributed by atoms with Crippen LogP contribution in [0.1, 0.15) is 53.2 Å². The molecule has 1 aromatic heterocycles. The third-order valence-electron chi connectivity index (χ3n) is 4.36. The fraction of sp³-hybridized carbons (Fsp3) is 0.524. The van der Waals surface area contributed by atoms with Crippen molar-refractivity contribution in [1.29, 1.82) is 0 Å². The van der Waals surface area contributed by atoms with Gasteiger partial charge in [0.2, 0.25) is 0 Å². The molecule has 0 saturated carbocycles. The minimum atomic E-state index is 0.299. The Labute approximate surface area is 157 Å². The molecule has 5 nitrogen and oxygen atoms in total. The third kappa shape index (κ3) is 4.65. The second-order valence-corrected chi connectivity index (χ2v) is 6.05. The van der Waals surface area contributed by atoms with E-state index in [9.17, 15) is 0 Å². The molecule has 0 N–H and O–H groups in total. The van der Waals surface area contributed by atoms with Crippen LogP contribution in [0.4, 0.5) is 11.5 Å². The maximum atomic E-state index is 5.85. The summed E-state index contributed by atoms with van der Waals surface area (Å²) in [5, 5.41) is 0. The van der Waals surface area contributed by atoms with E-state index >= 15 is 0 Å². The van der Waals surface area contributed by atoms with Gasteiger partial charge in [-0.3, -0.25) is 0 Å². The fourth-order valence-corrected chi connectivity index (χ4v) is 3.02. The van der Waals surface area contributed by atoms with Crippen LogP contribution in [-0.4, -0.2) is 29.2 Å². The van der Waals surface area contributed by atoms with E-state index in [1.165, 1.54) is 0 Å². The number of aromatic nitrogens is 2. The predicted molar refractivity (Wildman–Crippen MR) is 107 cm³/mol. The largest absolute Gasteiger partial charge is 0.494 e. The number of ether oxygens (including phenoxy) is 2. The lowest BCUT2D eigenvalue weighted by Crippen LogP contribution is -2.31. The molecule has 0 spiro atoms. The molecule has 2 rings (SSSR count). The van der Waals surface area contributed by atoms with Crippen LogP contribution in [0.15, 0.2) is 30.5 Å². The molecule has 1 aromatic carbocycles. The summed E-state index contributed by atoms with van der Waals surface area (Å²) in [6.07, 6.45) is 4.67. The van der Waals surface area contributed by atoms with Crippen molar-refractivity contribution in [2.45, 2.75) is 59.9 Å². The lowest BCUT2D eigenvalue weighted by atomic mass is 10.1. The van der Waals surface area contributed by atoms with Crippen molar-refractivity contribution in [3.63, 3.8) is 0 Å². The zero-order chi connectivity index (χ0) is 18.9. The van der Waals surface area contributed by atoms with Gasteiger partial charge in [-0.1, -0.05) is 26.8 Å². The highest BCUT2D eigenvalue weighted by molar-refractivity contribution is 5.66. The maximum absolute atomic E-state index is 5.85. The number of rotatable bonds is 10. The monoisotopic (exact) mass is 357 g/mol. The van der Waals surface area contributed by atoms with E-state index in [1.807, 2.05) is 32.2 Å². The summed E-state index contributed by atoms with van der Waals surface area (Å²) in [6.45, 7) is 11.6. The summed E-state index contributed by atoms with van der Waals surface area (Å²) in [7, 11) is 0. The average molecular weight is 357 g/mol. The van der Waals surface area contributed by atoms with E-state index in [0.717, 1.165) is 42.2 Å². The Morgan fingerprint density at radius 1 is 1.00 bits per heavy atom. The molecule has 0 aliphatic carbocycles. The summed E-state index contributed by atoms with van der Waals surface area (Å²) in [4.78, 5) is 11.7. The lowest BCUT2D eigenvalue weighted by molar-refractivity contribution is 0.324. The Morgan fingerprint density at radius 3 is 2.35 bits per heavy atom. The minimum Gasteiger partial charge on any atom is -0.494 e. The predicted octanol–water partition coefficient (Wildman–Crippen LogP) is 5.16. The summed E-state index contributed by atoms with van der Waals surface area (Å²) in [5.41, 5.74) is 1.98. The van der Waals surface area contributed by atoms with E-state index in [2.05, 4.69) is 42.8 Å². The van der Waals surface area contributed by atoms with Crippen LogP contribution >= 0.6 is 0 Å². The topological polar surface area (TPSA) is 47.5 Å². The van der Waals surface area contributed by atoms with Crippen LogP contribution in [0.3, 0.4) is 0 Å². The second-order valence-electron chi connectivity index (χ2n) is 6.05. The van der Waals surface area contributed by atoms with Crippen molar-refractivity contribution >= 4 is 11.5 Å². The van der Waals surface area contributed by atoms with Gasteiger partial charge in [-0.25, -0.2) is 9.97 Å². The molecule has 0 bridgehead atoms. The first-order chi connectivity index (χ1) is 12.7. The molecule has 1 heterocycles. The van der Waals surface area contributed by atoms with Crippen molar-refractivity contribution in [3.8, 4) is 11.6 Å². The summed E-state index contributed by atoms with van der Waals surface area (Å²) in [6, 6.07) is 8.45. The Balaban J connectivity index is 2.57. The molecular formula is C21H31N3O2. The van der Waals surface area contributed by atoms with Gasteiger partial charge in [-0.05, 0) is 45.2 Å². The van der Waals surface area contributed by atoms with Crippen molar-refractivity contribution in [3.05, 3.63) is 36.2 Å². The van der Waals surface area contributed by atoms with Crippen molar-refractivity contribution in [2.24, 2.45) is 0 Å². The first-order valence-electron chi connectivity index (χ1n) is 9.69. The molecule has 0 saturated heterocycles. The standard InChI is InChI=1S/C21H31N3O2/c1-6-16-15-22-20(21(23-16)26-10-5)24(17(7-2)8-3)18-12-11-13-19(14-18)25-9-4/h11-15,17H,6-10H2,1-5H3. The van der Waals surface area contributed by atoms with Crippen LogP contribution in [0.5, 0.6) is 11.6 Å². The fourth-order valence-electron chi connectivity index (χ4n) is 3.02. The molecule has 26 heavy (non-hydrogen) atoms. The highest BCUT2D eigenvalue weighted by Crippen LogP contribution is 2.36. The van der Waals surface area contributed by atoms with Gasteiger partial charge in [-0.2, -0.15) is 0 Å². The van der Waals surface area contributed by atoms with Gasteiger partial charge in [-0.15, -0.1) is 0 Å². The van der Waals surface area contributed by atoms with Gasteiger partial charge in [0.05, 0.1) is 25.1 Å². The Bertz CT molecular complexity index is 687. The molecule has 0 radical (unpaired) electrons. The zero-order valence-corrected chi connectivity index (χ0v) is 16.7. The van der Waals surface area contributed by atoms with Gasteiger partial charge in [0.15, 0.2) is 5.82 Å². The van der Waals surface area contributed by atoms with E-state index < -0.39 is 0 Å². The van der Waals surface area contributed by atoms with Crippen molar-refractivity contribution < 1.29 is 9.47 Å². The minimum absolute atomic E-state index is 0.299. The summed E-state index contributed by atoms with van der Waals surface area (Å²) < 4.78 is 11.6.